The third-order valence-corrected chi connectivity index (χ3v) is 3.27. The average Bonchev–Trinajstić information content (AvgIpc) is 2.49. The second kappa shape index (κ2) is 7.61. The fourth-order valence-corrected chi connectivity index (χ4v) is 2.22. The number of carbonyl (C=O) groups excluding carboxylic acids is 1. The molecular formula is C17H17ClN2O2. The third-order valence-electron chi connectivity index (χ3n) is 2.96. The minimum atomic E-state index is -0.352. The van der Waals surface area contributed by atoms with Crippen LogP contribution in [0.5, 0.6) is 5.75 Å². The van der Waals surface area contributed by atoms with E-state index in [1.54, 1.807) is 18.3 Å². The standard InChI is InChI=1S/C17H17ClN2O2/c1-3-22-16-7-5-4-6-13(16)11-19-20-17(21)14-9-8-12(2)10-15(14)18/h4-11H,3H2,1-2H3,(H,20,21)/b19-11+. The Kier molecular flexibility index (Phi) is 5.55. The molecule has 0 unspecified atom stereocenters. The number of para-hydroxylation sites is 1. The maximum Gasteiger partial charge on any atom is 0.272 e. The fraction of sp³-hybridized carbons (Fsp3) is 0.176. The van der Waals surface area contributed by atoms with E-state index in [2.05, 4.69) is 10.5 Å². The van der Waals surface area contributed by atoms with Gasteiger partial charge in [0.25, 0.3) is 5.91 Å². The van der Waals surface area contributed by atoms with Crippen molar-refractivity contribution in [3.63, 3.8) is 0 Å². The molecule has 0 spiro atoms. The minimum Gasteiger partial charge on any atom is -0.493 e. The number of aryl methyl sites for hydroxylation is 1. The molecule has 0 saturated carbocycles. The van der Waals surface area contributed by atoms with E-state index in [4.69, 9.17) is 16.3 Å². The van der Waals surface area contributed by atoms with Gasteiger partial charge in [0.05, 0.1) is 23.4 Å². The molecular weight excluding hydrogens is 300 g/mol. The van der Waals surface area contributed by atoms with Gasteiger partial charge in [-0.3, -0.25) is 4.79 Å². The van der Waals surface area contributed by atoms with Crippen molar-refractivity contribution in [2.24, 2.45) is 5.10 Å². The van der Waals surface area contributed by atoms with Gasteiger partial charge in [-0.15, -0.1) is 0 Å². The Morgan fingerprint density at radius 3 is 2.82 bits per heavy atom. The number of hydrazone groups is 1. The highest BCUT2D eigenvalue weighted by Crippen LogP contribution is 2.18. The quantitative estimate of drug-likeness (QED) is 0.673. The van der Waals surface area contributed by atoms with Crippen molar-refractivity contribution in [1.82, 2.24) is 5.43 Å². The van der Waals surface area contributed by atoms with E-state index in [9.17, 15) is 4.79 Å². The van der Waals surface area contributed by atoms with Crippen LogP contribution in [0.1, 0.15) is 28.4 Å². The van der Waals surface area contributed by atoms with Gasteiger partial charge in [0.2, 0.25) is 0 Å². The summed E-state index contributed by atoms with van der Waals surface area (Å²) in [4.78, 5) is 12.0. The van der Waals surface area contributed by atoms with E-state index < -0.39 is 0 Å². The molecule has 0 saturated heterocycles. The first-order chi connectivity index (χ1) is 10.6. The summed E-state index contributed by atoms with van der Waals surface area (Å²) >= 11 is 6.05. The molecule has 0 aromatic heterocycles. The van der Waals surface area contributed by atoms with Crippen LogP contribution in [0.2, 0.25) is 5.02 Å². The molecule has 1 amide bonds. The number of benzene rings is 2. The minimum absolute atomic E-state index is 0.352. The van der Waals surface area contributed by atoms with Crippen molar-refractivity contribution in [2.75, 3.05) is 6.61 Å². The summed E-state index contributed by atoms with van der Waals surface area (Å²) in [6.45, 7) is 4.39. The Morgan fingerprint density at radius 2 is 2.09 bits per heavy atom. The smallest absolute Gasteiger partial charge is 0.272 e. The highest BCUT2D eigenvalue weighted by molar-refractivity contribution is 6.33. The lowest BCUT2D eigenvalue weighted by Crippen LogP contribution is -2.18. The topological polar surface area (TPSA) is 50.7 Å². The largest absolute Gasteiger partial charge is 0.493 e. The molecule has 0 bridgehead atoms. The maximum absolute atomic E-state index is 12.0. The molecule has 0 fully saturated rings. The lowest BCUT2D eigenvalue weighted by atomic mass is 10.1. The van der Waals surface area contributed by atoms with Crippen LogP contribution in [0.3, 0.4) is 0 Å². The van der Waals surface area contributed by atoms with Crippen LogP contribution in [0.4, 0.5) is 0 Å². The van der Waals surface area contributed by atoms with Crippen LogP contribution in [0.25, 0.3) is 0 Å². The first-order valence-electron chi connectivity index (χ1n) is 6.93. The predicted molar refractivity (Wildman–Crippen MR) is 88.9 cm³/mol. The van der Waals surface area contributed by atoms with Crippen molar-refractivity contribution in [2.45, 2.75) is 13.8 Å². The number of ether oxygens (including phenoxy) is 1. The van der Waals surface area contributed by atoms with Crippen molar-refractivity contribution < 1.29 is 9.53 Å². The summed E-state index contributed by atoms with van der Waals surface area (Å²) in [6, 6.07) is 12.7. The van der Waals surface area contributed by atoms with Gasteiger partial charge >= 0.3 is 0 Å². The molecule has 0 radical (unpaired) electrons. The SMILES string of the molecule is CCOc1ccccc1/C=N/NC(=O)c1ccc(C)cc1Cl. The Labute approximate surface area is 134 Å². The van der Waals surface area contributed by atoms with E-state index in [0.717, 1.165) is 16.9 Å². The van der Waals surface area contributed by atoms with Gasteiger partial charge in [0.1, 0.15) is 5.75 Å². The molecule has 0 aliphatic rings. The molecule has 2 aromatic rings. The first-order valence-corrected chi connectivity index (χ1v) is 7.31. The number of nitrogens with one attached hydrogen (secondary N) is 1. The summed E-state index contributed by atoms with van der Waals surface area (Å²) in [5.74, 6) is 0.367. The molecule has 5 heteroatoms. The van der Waals surface area contributed by atoms with Crippen LogP contribution in [0, 0.1) is 6.92 Å². The molecule has 2 rings (SSSR count). The van der Waals surface area contributed by atoms with E-state index in [0.29, 0.717) is 17.2 Å². The van der Waals surface area contributed by atoms with Gasteiger partial charge in [-0.2, -0.15) is 5.10 Å². The molecule has 0 aliphatic heterocycles. The van der Waals surface area contributed by atoms with Gasteiger partial charge in [0.15, 0.2) is 0 Å². The summed E-state index contributed by atoms with van der Waals surface area (Å²) < 4.78 is 5.49. The monoisotopic (exact) mass is 316 g/mol. The molecule has 2 aromatic carbocycles. The zero-order chi connectivity index (χ0) is 15.9. The van der Waals surface area contributed by atoms with Gasteiger partial charge in [-0.25, -0.2) is 5.43 Å². The fourth-order valence-electron chi connectivity index (χ4n) is 1.90. The zero-order valence-corrected chi connectivity index (χ0v) is 13.2. The Balaban J connectivity index is 2.07. The highest BCUT2D eigenvalue weighted by Gasteiger charge is 2.09. The summed E-state index contributed by atoms with van der Waals surface area (Å²) in [7, 11) is 0. The molecule has 0 heterocycles. The lowest BCUT2D eigenvalue weighted by molar-refractivity contribution is 0.0955. The van der Waals surface area contributed by atoms with Crippen LogP contribution in [-0.2, 0) is 0 Å². The predicted octanol–water partition coefficient (Wildman–Crippen LogP) is 3.81. The molecule has 22 heavy (non-hydrogen) atoms. The van der Waals surface area contributed by atoms with Crippen molar-refractivity contribution >= 4 is 23.7 Å². The van der Waals surface area contributed by atoms with Crippen molar-refractivity contribution in [3.05, 3.63) is 64.2 Å². The number of rotatable bonds is 5. The normalized spacial score (nSPS) is 10.7. The Morgan fingerprint density at radius 1 is 1.32 bits per heavy atom. The lowest BCUT2D eigenvalue weighted by Gasteiger charge is -2.06. The van der Waals surface area contributed by atoms with Crippen molar-refractivity contribution in [3.8, 4) is 5.75 Å². The number of nitrogens with zero attached hydrogens (tertiary/aromatic N) is 1. The molecule has 114 valence electrons. The van der Waals surface area contributed by atoms with Crippen LogP contribution in [0.15, 0.2) is 47.6 Å². The van der Waals surface area contributed by atoms with Gasteiger partial charge < -0.3 is 4.74 Å². The highest BCUT2D eigenvalue weighted by atomic mass is 35.5. The summed E-state index contributed by atoms with van der Waals surface area (Å²) in [6.07, 6.45) is 1.55. The number of hydrogen-bond acceptors (Lipinski definition) is 3. The summed E-state index contributed by atoms with van der Waals surface area (Å²) in [5.41, 5.74) is 4.65. The molecule has 1 N–H and O–H groups in total. The second-order valence-electron chi connectivity index (χ2n) is 4.65. The number of hydrogen-bond donors (Lipinski definition) is 1. The molecule has 4 nitrogen and oxygen atoms in total. The Bertz CT molecular complexity index is 699. The van der Waals surface area contributed by atoms with Crippen molar-refractivity contribution in [1.29, 1.82) is 0 Å². The maximum atomic E-state index is 12.0. The summed E-state index contributed by atoms with van der Waals surface area (Å²) in [5, 5.41) is 4.37. The Hall–Kier alpha value is -2.33. The third kappa shape index (κ3) is 4.09. The van der Waals surface area contributed by atoms with Gasteiger partial charge in [-0.1, -0.05) is 29.8 Å². The molecule has 0 atom stereocenters. The number of halogens is 1. The second-order valence-corrected chi connectivity index (χ2v) is 5.06. The number of amides is 1. The van der Waals surface area contributed by atoms with E-state index >= 15 is 0 Å². The van der Waals surface area contributed by atoms with Gasteiger partial charge in [0, 0.05) is 5.56 Å². The van der Waals surface area contributed by atoms with E-state index in [1.165, 1.54) is 0 Å². The van der Waals surface area contributed by atoms with Crippen LogP contribution in [-0.4, -0.2) is 18.7 Å². The molecule has 0 aliphatic carbocycles. The van der Waals surface area contributed by atoms with Crippen LogP contribution < -0.4 is 10.2 Å². The van der Waals surface area contributed by atoms with E-state index in [-0.39, 0.29) is 5.91 Å². The zero-order valence-electron chi connectivity index (χ0n) is 12.5. The first kappa shape index (κ1) is 16.0. The average molecular weight is 317 g/mol. The van der Waals surface area contributed by atoms with Crippen LogP contribution >= 0.6 is 11.6 Å². The van der Waals surface area contributed by atoms with E-state index in [1.807, 2.05) is 44.2 Å². The van der Waals surface area contributed by atoms with Gasteiger partial charge in [-0.05, 0) is 43.7 Å². The number of carbonyl (C=O) groups is 1.